The molecule has 3 N–H and O–H groups in total. The topological polar surface area (TPSA) is 78.5 Å². The van der Waals surface area contributed by atoms with E-state index in [2.05, 4.69) is 4.98 Å². The van der Waals surface area contributed by atoms with Gasteiger partial charge >= 0.3 is 0 Å². The van der Waals surface area contributed by atoms with E-state index in [4.69, 9.17) is 0 Å². The lowest BCUT2D eigenvalue weighted by atomic mass is 10.0. The van der Waals surface area contributed by atoms with Crippen molar-refractivity contribution in [2.45, 2.75) is 24.9 Å². The SMILES string of the molecule is O[C@@H]1[C@H](O)Cn2c(nc3ccc(-c4ccccc4)cc32)[C@@H]1O. The van der Waals surface area contributed by atoms with Gasteiger partial charge < -0.3 is 19.9 Å². The molecule has 0 aliphatic carbocycles. The maximum atomic E-state index is 10.1. The maximum absolute atomic E-state index is 10.1. The van der Waals surface area contributed by atoms with Gasteiger partial charge in [-0.05, 0) is 23.3 Å². The highest BCUT2D eigenvalue weighted by Crippen LogP contribution is 2.31. The number of aliphatic hydroxyl groups is 3. The Morgan fingerprint density at radius 2 is 1.73 bits per heavy atom. The molecule has 0 amide bonds. The first-order chi connectivity index (χ1) is 10.6. The predicted molar refractivity (Wildman–Crippen MR) is 82.1 cm³/mol. The molecule has 0 bridgehead atoms. The Kier molecular flexibility index (Phi) is 3.00. The van der Waals surface area contributed by atoms with E-state index in [-0.39, 0.29) is 6.54 Å². The molecule has 0 fully saturated rings. The van der Waals surface area contributed by atoms with Gasteiger partial charge in [-0.15, -0.1) is 0 Å². The zero-order chi connectivity index (χ0) is 15.3. The Morgan fingerprint density at radius 1 is 0.955 bits per heavy atom. The number of aliphatic hydroxyl groups excluding tert-OH is 3. The molecule has 3 atom stereocenters. The largest absolute Gasteiger partial charge is 0.388 e. The summed E-state index contributed by atoms with van der Waals surface area (Å²) in [5, 5.41) is 29.8. The lowest BCUT2D eigenvalue weighted by Gasteiger charge is -2.29. The van der Waals surface area contributed by atoms with Crippen LogP contribution in [-0.4, -0.2) is 37.1 Å². The molecule has 5 heteroatoms. The van der Waals surface area contributed by atoms with Gasteiger partial charge in [-0.3, -0.25) is 0 Å². The van der Waals surface area contributed by atoms with Crippen LogP contribution in [0.4, 0.5) is 0 Å². The van der Waals surface area contributed by atoms with Crippen molar-refractivity contribution in [3.05, 3.63) is 54.4 Å². The predicted octanol–water partition coefficient (Wildman–Crippen LogP) is 1.47. The number of benzene rings is 2. The van der Waals surface area contributed by atoms with Crippen molar-refractivity contribution in [2.75, 3.05) is 0 Å². The van der Waals surface area contributed by atoms with Crippen LogP contribution in [0.25, 0.3) is 22.2 Å². The van der Waals surface area contributed by atoms with Crippen LogP contribution >= 0.6 is 0 Å². The average molecular weight is 296 g/mol. The van der Waals surface area contributed by atoms with E-state index in [0.717, 1.165) is 22.2 Å². The number of nitrogens with zero attached hydrogens (tertiary/aromatic N) is 2. The van der Waals surface area contributed by atoms with Crippen molar-refractivity contribution >= 4 is 11.0 Å². The molecule has 0 saturated carbocycles. The lowest BCUT2D eigenvalue weighted by molar-refractivity contribution is -0.0846. The Morgan fingerprint density at radius 3 is 2.50 bits per heavy atom. The molecule has 2 heterocycles. The number of hydrogen-bond acceptors (Lipinski definition) is 4. The summed E-state index contributed by atoms with van der Waals surface area (Å²) in [6.45, 7) is 0.225. The summed E-state index contributed by atoms with van der Waals surface area (Å²) in [4.78, 5) is 4.40. The Hall–Kier alpha value is -2.21. The first-order valence-electron chi connectivity index (χ1n) is 7.25. The van der Waals surface area contributed by atoms with E-state index in [1.165, 1.54) is 0 Å². The average Bonchev–Trinajstić information content (AvgIpc) is 2.91. The van der Waals surface area contributed by atoms with E-state index in [1.807, 2.05) is 48.5 Å². The number of rotatable bonds is 1. The van der Waals surface area contributed by atoms with Gasteiger partial charge in [0.25, 0.3) is 0 Å². The molecule has 4 rings (SSSR count). The summed E-state index contributed by atoms with van der Waals surface area (Å²) < 4.78 is 1.78. The van der Waals surface area contributed by atoms with Crippen molar-refractivity contribution in [1.82, 2.24) is 9.55 Å². The smallest absolute Gasteiger partial charge is 0.141 e. The second-order valence-electron chi connectivity index (χ2n) is 5.65. The molecular formula is C17H16N2O3. The van der Waals surface area contributed by atoms with Crippen LogP contribution in [0.3, 0.4) is 0 Å². The van der Waals surface area contributed by atoms with Crippen LogP contribution in [0.1, 0.15) is 11.9 Å². The molecule has 0 saturated heterocycles. The number of imidazole rings is 1. The van der Waals surface area contributed by atoms with Gasteiger partial charge in [-0.2, -0.15) is 0 Å². The molecule has 0 spiro atoms. The summed E-state index contributed by atoms with van der Waals surface area (Å²) in [6, 6.07) is 15.9. The highest BCUT2D eigenvalue weighted by atomic mass is 16.4. The summed E-state index contributed by atoms with van der Waals surface area (Å²) in [6.07, 6.45) is -3.37. The van der Waals surface area contributed by atoms with Crippen LogP contribution in [0, 0.1) is 0 Å². The van der Waals surface area contributed by atoms with Crippen molar-refractivity contribution in [1.29, 1.82) is 0 Å². The van der Waals surface area contributed by atoms with Crippen LogP contribution in [-0.2, 0) is 6.54 Å². The molecule has 5 nitrogen and oxygen atoms in total. The molecular weight excluding hydrogens is 280 g/mol. The number of hydrogen-bond donors (Lipinski definition) is 3. The van der Waals surface area contributed by atoms with Crippen LogP contribution in [0.2, 0.25) is 0 Å². The van der Waals surface area contributed by atoms with E-state index >= 15 is 0 Å². The minimum absolute atomic E-state index is 0.225. The lowest BCUT2D eigenvalue weighted by Crippen LogP contribution is -2.41. The van der Waals surface area contributed by atoms with Gasteiger partial charge in [-0.25, -0.2) is 4.98 Å². The second-order valence-corrected chi connectivity index (χ2v) is 5.65. The summed E-state index contributed by atoms with van der Waals surface area (Å²) >= 11 is 0. The van der Waals surface area contributed by atoms with Crippen molar-refractivity contribution in [3.63, 3.8) is 0 Å². The molecule has 1 aliphatic rings. The fourth-order valence-corrected chi connectivity index (χ4v) is 3.03. The van der Waals surface area contributed by atoms with Gasteiger partial charge in [0.1, 0.15) is 24.1 Å². The van der Waals surface area contributed by atoms with E-state index < -0.39 is 18.3 Å². The van der Waals surface area contributed by atoms with Crippen LogP contribution < -0.4 is 0 Å². The molecule has 1 aliphatic heterocycles. The minimum Gasteiger partial charge on any atom is -0.388 e. The summed E-state index contributed by atoms with van der Waals surface area (Å²) in [5.74, 6) is 0.401. The summed E-state index contributed by atoms with van der Waals surface area (Å²) in [7, 11) is 0. The maximum Gasteiger partial charge on any atom is 0.141 e. The fraction of sp³-hybridized carbons (Fsp3) is 0.235. The number of fused-ring (bicyclic) bond motifs is 3. The van der Waals surface area contributed by atoms with Gasteiger partial charge in [-0.1, -0.05) is 36.4 Å². The molecule has 1 aromatic heterocycles. The third kappa shape index (κ3) is 1.94. The second kappa shape index (κ2) is 4.91. The summed E-state index contributed by atoms with van der Waals surface area (Å²) in [5.41, 5.74) is 3.74. The van der Waals surface area contributed by atoms with E-state index in [9.17, 15) is 15.3 Å². The van der Waals surface area contributed by atoms with Crippen molar-refractivity contribution in [2.24, 2.45) is 0 Å². The first kappa shape index (κ1) is 13.5. The third-order valence-corrected chi connectivity index (χ3v) is 4.24. The Labute approximate surface area is 127 Å². The van der Waals surface area contributed by atoms with E-state index in [1.54, 1.807) is 4.57 Å². The van der Waals surface area contributed by atoms with Crippen LogP contribution in [0.5, 0.6) is 0 Å². The Bertz CT molecular complexity index is 829. The highest BCUT2D eigenvalue weighted by Gasteiger charge is 2.35. The molecule has 0 unspecified atom stereocenters. The zero-order valence-electron chi connectivity index (χ0n) is 11.8. The molecule has 0 radical (unpaired) electrons. The third-order valence-electron chi connectivity index (χ3n) is 4.24. The van der Waals surface area contributed by atoms with Crippen molar-refractivity contribution in [3.8, 4) is 11.1 Å². The zero-order valence-corrected chi connectivity index (χ0v) is 11.8. The standard InChI is InChI=1S/C17H16N2O3/c20-14-9-19-13-8-11(10-4-2-1-3-5-10)6-7-12(13)18-17(19)16(22)15(14)21/h1-8,14-16,20-22H,9H2/t14-,15-,16-/m1/s1. The van der Waals surface area contributed by atoms with Gasteiger partial charge in [0.15, 0.2) is 0 Å². The normalized spacial score (nSPS) is 24.4. The van der Waals surface area contributed by atoms with E-state index in [0.29, 0.717) is 5.82 Å². The van der Waals surface area contributed by atoms with Crippen LogP contribution in [0.15, 0.2) is 48.5 Å². The fourth-order valence-electron chi connectivity index (χ4n) is 3.03. The molecule has 3 aromatic rings. The quantitative estimate of drug-likeness (QED) is 0.635. The first-order valence-corrected chi connectivity index (χ1v) is 7.25. The molecule has 22 heavy (non-hydrogen) atoms. The number of aromatic nitrogens is 2. The van der Waals surface area contributed by atoms with Gasteiger partial charge in [0, 0.05) is 0 Å². The Balaban J connectivity index is 1.89. The molecule has 112 valence electrons. The van der Waals surface area contributed by atoms with Crippen molar-refractivity contribution < 1.29 is 15.3 Å². The minimum atomic E-state index is -1.20. The van der Waals surface area contributed by atoms with Gasteiger partial charge in [0.2, 0.25) is 0 Å². The highest BCUT2D eigenvalue weighted by molar-refractivity contribution is 5.83. The van der Waals surface area contributed by atoms with Gasteiger partial charge in [0.05, 0.1) is 17.6 Å². The molecule has 2 aromatic carbocycles. The monoisotopic (exact) mass is 296 g/mol.